The topological polar surface area (TPSA) is 63.6 Å². The van der Waals surface area contributed by atoms with Gasteiger partial charge in [-0.2, -0.15) is 10.2 Å². The quantitative estimate of drug-likeness (QED) is 0.396. The Morgan fingerprint density at radius 2 is 1.76 bits per heavy atom. The van der Waals surface area contributed by atoms with E-state index in [-0.39, 0.29) is 0 Å². The number of hydrogen-bond acceptors (Lipinski definition) is 5. The van der Waals surface area contributed by atoms with Gasteiger partial charge in [-0.25, -0.2) is 4.98 Å². The SMILES string of the molecule is ClC(N=Nc1ccc(-c2cnco2)cc1)c1ccncc1. The monoisotopic (exact) mass is 298 g/mol. The van der Waals surface area contributed by atoms with Crippen molar-refractivity contribution >= 4 is 17.3 Å². The smallest absolute Gasteiger partial charge is 0.181 e. The molecule has 0 amide bonds. The molecule has 0 saturated heterocycles. The van der Waals surface area contributed by atoms with E-state index in [2.05, 4.69) is 20.2 Å². The molecule has 0 aliphatic carbocycles. The standard InChI is InChI=1S/C15H11ClN4O/c16-15(12-5-7-17-8-6-12)20-19-13-3-1-11(2-4-13)14-9-18-10-21-14/h1-10,15H. The zero-order valence-electron chi connectivity index (χ0n) is 10.9. The van der Waals surface area contributed by atoms with E-state index >= 15 is 0 Å². The molecule has 0 aliphatic rings. The van der Waals surface area contributed by atoms with E-state index < -0.39 is 5.50 Å². The molecule has 0 saturated carbocycles. The molecule has 0 fully saturated rings. The average molecular weight is 299 g/mol. The maximum atomic E-state index is 6.16. The van der Waals surface area contributed by atoms with Gasteiger partial charge in [0, 0.05) is 18.0 Å². The number of azo groups is 1. The Labute approximate surface area is 126 Å². The van der Waals surface area contributed by atoms with E-state index in [1.54, 1.807) is 18.6 Å². The van der Waals surface area contributed by atoms with Crippen LogP contribution >= 0.6 is 11.6 Å². The van der Waals surface area contributed by atoms with E-state index in [1.807, 2.05) is 36.4 Å². The van der Waals surface area contributed by atoms with Crippen molar-refractivity contribution < 1.29 is 4.42 Å². The number of aromatic nitrogens is 2. The van der Waals surface area contributed by atoms with E-state index in [1.165, 1.54) is 6.39 Å². The molecule has 21 heavy (non-hydrogen) atoms. The fraction of sp³-hybridized carbons (Fsp3) is 0.0667. The Bertz CT molecular complexity index is 711. The molecule has 0 aliphatic heterocycles. The number of pyridine rings is 1. The normalized spacial score (nSPS) is 12.6. The first-order chi connectivity index (χ1) is 10.3. The van der Waals surface area contributed by atoms with Crippen molar-refractivity contribution in [3.05, 3.63) is 66.9 Å². The van der Waals surface area contributed by atoms with Crippen LogP contribution in [0, 0.1) is 0 Å². The first-order valence-corrected chi connectivity index (χ1v) is 6.70. The minimum absolute atomic E-state index is 0.526. The number of halogens is 1. The highest BCUT2D eigenvalue weighted by Gasteiger charge is 2.05. The first kappa shape index (κ1) is 13.5. The maximum Gasteiger partial charge on any atom is 0.181 e. The molecule has 2 heterocycles. The number of hydrogen-bond donors (Lipinski definition) is 0. The van der Waals surface area contributed by atoms with E-state index in [0.717, 1.165) is 16.8 Å². The van der Waals surface area contributed by atoms with Gasteiger partial charge in [-0.15, -0.1) is 0 Å². The highest BCUT2D eigenvalue weighted by Crippen LogP contribution is 2.26. The summed E-state index contributed by atoms with van der Waals surface area (Å²) in [6, 6.07) is 11.1. The number of benzene rings is 1. The predicted octanol–water partition coefficient (Wildman–Crippen LogP) is 4.76. The zero-order chi connectivity index (χ0) is 14.5. The molecule has 3 rings (SSSR count). The van der Waals surface area contributed by atoms with Crippen LogP contribution in [0.15, 0.2) is 76.0 Å². The molecule has 0 N–H and O–H groups in total. The Hall–Kier alpha value is -2.53. The third-order valence-electron chi connectivity index (χ3n) is 2.84. The van der Waals surface area contributed by atoms with Gasteiger partial charge < -0.3 is 4.42 Å². The molecule has 5 nitrogen and oxygen atoms in total. The number of rotatable bonds is 4. The van der Waals surface area contributed by atoms with Crippen LogP contribution in [0.5, 0.6) is 0 Å². The second kappa shape index (κ2) is 6.28. The van der Waals surface area contributed by atoms with Crippen LogP contribution in [0.1, 0.15) is 11.1 Å². The lowest BCUT2D eigenvalue weighted by atomic mass is 10.2. The lowest BCUT2D eigenvalue weighted by Crippen LogP contribution is -1.85. The van der Waals surface area contributed by atoms with Gasteiger partial charge in [0.1, 0.15) is 0 Å². The molecular formula is C15H11ClN4O. The summed E-state index contributed by atoms with van der Waals surface area (Å²) in [6.45, 7) is 0. The van der Waals surface area contributed by atoms with E-state index in [9.17, 15) is 0 Å². The minimum Gasteiger partial charge on any atom is -0.444 e. The van der Waals surface area contributed by atoms with Gasteiger partial charge in [0.15, 0.2) is 17.7 Å². The Kier molecular flexibility index (Phi) is 4.02. The van der Waals surface area contributed by atoms with Crippen molar-refractivity contribution in [2.45, 2.75) is 5.50 Å². The Morgan fingerprint density at radius 1 is 1.00 bits per heavy atom. The van der Waals surface area contributed by atoms with Crippen LogP contribution in [-0.2, 0) is 0 Å². The van der Waals surface area contributed by atoms with Gasteiger partial charge >= 0.3 is 0 Å². The highest BCUT2D eigenvalue weighted by atomic mass is 35.5. The molecule has 0 bridgehead atoms. The summed E-state index contributed by atoms with van der Waals surface area (Å²) in [5, 5.41) is 8.22. The van der Waals surface area contributed by atoms with Crippen LogP contribution in [0.25, 0.3) is 11.3 Å². The second-order valence-corrected chi connectivity index (χ2v) is 4.66. The van der Waals surface area contributed by atoms with E-state index in [4.69, 9.17) is 16.0 Å². The van der Waals surface area contributed by atoms with Gasteiger partial charge in [-0.3, -0.25) is 4.98 Å². The molecule has 1 aromatic carbocycles. The van der Waals surface area contributed by atoms with Crippen molar-refractivity contribution in [2.24, 2.45) is 10.2 Å². The van der Waals surface area contributed by atoms with Gasteiger partial charge in [0.2, 0.25) is 0 Å². The lowest BCUT2D eigenvalue weighted by Gasteiger charge is -2.02. The van der Waals surface area contributed by atoms with Crippen molar-refractivity contribution in [1.29, 1.82) is 0 Å². The molecule has 3 aromatic rings. The van der Waals surface area contributed by atoms with E-state index in [0.29, 0.717) is 5.76 Å². The molecule has 104 valence electrons. The van der Waals surface area contributed by atoms with Crippen LogP contribution in [0.2, 0.25) is 0 Å². The van der Waals surface area contributed by atoms with Crippen molar-refractivity contribution in [1.82, 2.24) is 9.97 Å². The summed E-state index contributed by atoms with van der Waals surface area (Å²) in [5.41, 5.74) is 1.98. The third kappa shape index (κ3) is 3.32. The molecule has 0 radical (unpaired) electrons. The van der Waals surface area contributed by atoms with Gasteiger partial charge in [-0.1, -0.05) is 11.6 Å². The summed E-state index contributed by atoms with van der Waals surface area (Å²) in [7, 11) is 0. The Balaban J connectivity index is 1.72. The van der Waals surface area contributed by atoms with Crippen molar-refractivity contribution in [3.63, 3.8) is 0 Å². The largest absolute Gasteiger partial charge is 0.444 e. The molecular weight excluding hydrogens is 288 g/mol. The second-order valence-electron chi connectivity index (χ2n) is 4.24. The summed E-state index contributed by atoms with van der Waals surface area (Å²) < 4.78 is 5.22. The zero-order valence-corrected chi connectivity index (χ0v) is 11.7. The Morgan fingerprint density at radius 3 is 2.43 bits per heavy atom. The summed E-state index contributed by atoms with van der Waals surface area (Å²) >= 11 is 6.16. The van der Waals surface area contributed by atoms with Crippen LogP contribution in [-0.4, -0.2) is 9.97 Å². The van der Waals surface area contributed by atoms with Crippen molar-refractivity contribution in [2.75, 3.05) is 0 Å². The lowest BCUT2D eigenvalue weighted by molar-refractivity contribution is 0.572. The molecule has 6 heteroatoms. The number of alkyl halides is 1. The highest BCUT2D eigenvalue weighted by molar-refractivity contribution is 6.20. The van der Waals surface area contributed by atoms with Gasteiger partial charge in [0.25, 0.3) is 0 Å². The average Bonchev–Trinajstić information content (AvgIpc) is 3.08. The predicted molar refractivity (Wildman–Crippen MR) is 79.3 cm³/mol. The molecule has 2 aromatic heterocycles. The molecule has 0 spiro atoms. The van der Waals surface area contributed by atoms with Gasteiger partial charge in [0.05, 0.1) is 11.9 Å². The number of nitrogens with zero attached hydrogens (tertiary/aromatic N) is 4. The fourth-order valence-electron chi connectivity index (χ4n) is 1.76. The van der Waals surface area contributed by atoms with Crippen molar-refractivity contribution in [3.8, 4) is 11.3 Å². The molecule has 1 atom stereocenters. The minimum atomic E-state index is -0.526. The first-order valence-electron chi connectivity index (χ1n) is 6.27. The fourth-order valence-corrected chi connectivity index (χ4v) is 1.95. The van der Waals surface area contributed by atoms with Crippen LogP contribution in [0.3, 0.4) is 0 Å². The van der Waals surface area contributed by atoms with Crippen LogP contribution in [0.4, 0.5) is 5.69 Å². The summed E-state index contributed by atoms with van der Waals surface area (Å²) in [4.78, 5) is 7.82. The molecule has 1 unspecified atom stereocenters. The maximum absolute atomic E-state index is 6.16. The number of oxazole rings is 1. The summed E-state index contributed by atoms with van der Waals surface area (Å²) in [6.07, 6.45) is 6.41. The van der Waals surface area contributed by atoms with Crippen LogP contribution < -0.4 is 0 Å². The third-order valence-corrected chi connectivity index (χ3v) is 3.18. The van der Waals surface area contributed by atoms with Gasteiger partial charge in [-0.05, 0) is 42.0 Å². The summed E-state index contributed by atoms with van der Waals surface area (Å²) in [5.74, 6) is 0.713.